The van der Waals surface area contributed by atoms with Crippen LogP contribution < -0.4 is 10.1 Å². The van der Waals surface area contributed by atoms with Gasteiger partial charge in [0.05, 0.1) is 4.90 Å². The Hall–Kier alpha value is -3.61. The molecule has 0 aliphatic heterocycles. The van der Waals surface area contributed by atoms with Gasteiger partial charge in [-0.25, -0.2) is 8.42 Å². The van der Waals surface area contributed by atoms with Gasteiger partial charge in [-0.2, -0.15) is 22.5 Å². The van der Waals surface area contributed by atoms with E-state index >= 15 is 0 Å². The van der Waals surface area contributed by atoms with Crippen LogP contribution in [0.2, 0.25) is 0 Å². The molecule has 0 atom stereocenters. The second-order valence-corrected chi connectivity index (χ2v) is 11.2. The van der Waals surface area contributed by atoms with Crippen LogP contribution >= 0.6 is 0 Å². The van der Waals surface area contributed by atoms with E-state index < -0.39 is 50.6 Å². The molecule has 1 aliphatic rings. The molecule has 1 fully saturated rings. The number of benzene rings is 1. The van der Waals surface area contributed by atoms with Crippen molar-refractivity contribution in [3.05, 3.63) is 64.2 Å². The predicted molar refractivity (Wildman–Crippen MR) is 125 cm³/mol. The molecule has 0 saturated heterocycles. The summed E-state index contributed by atoms with van der Waals surface area (Å²) in [5.74, 6) is -2.77. The Morgan fingerprint density at radius 3 is 2.38 bits per heavy atom. The molecule has 1 saturated carbocycles. The molecule has 1 amide bonds. The highest BCUT2D eigenvalue weighted by Crippen LogP contribution is 2.49. The number of pyridine rings is 1. The molecule has 37 heavy (non-hydrogen) atoms. The second-order valence-electron chi connectivity index (χ2n) is 9.22. The highest BCUT2D eigenvalue weighted by Gasteiger charge is 2.42. The Morgan fingerprint density at radius 1 is 1.11 bits per heavy atom. The third-order valence-electron chi connectivity index (χ3n) is 6.16. The summed E-state index contributed by atoms with van der Waals surface area (Å²) in [6, 6.07) is 6.72. The van der Waals surface area contributed by atoms with Crippen LogP contribution in [0, 0.1) is 19.8 Å². The van der Waals surface area contributed by atoms with E-state index in [-0.39, 0.29) is 21.9 Å². The molecule has 2 heterocycles. The molecule has 1 aliphatic carbocycles. The fourth-order valence-electron chi connectivity index (χ4n) is 3.76. The van der Waals surface area contributed by atoms with Crippen LogP contribution in [-0.4, -0.2) is 35.8 Å². The van der Waals surface area contributed by atoms with Crippen LogP contribution in [0.1, 0.15) is 52.5 Å². The lowest BCUT2D eigenvalue weighted by atomic mass is 9.99. The molecule has 1 aromatic carbocycles. The number of hydrogen-bond acceptors (Lipinski definition) is 7. The Balaban J connectivity index is 1.76. The van der Waals surface area contributed by atoms with Gasteiger partial charge in [0, 0.05) is 23.1 Å². The molecule has 196 valence electrons. The number of aromatic nitrogens is 3. The molecule has 2 aromatic heterocycles. The molecule has 0 spiro atoms. The summed E-state index contributed by atoms with van der Waals surface area (Å²) >= 11 is 0. The lowest BCUT2D eigenvalue weighted by molar-refractivity contribution is -0.142. The molecule has 0 bridgehead atoms. The van der Waals surface area contributed by atoms with Crippen LogP contribution in [0.25, 0.3) is 0 Å². The van der Waals surface area contributed by atoms with Crippen LogP contribution in [0.5, 0.6) is 11.8 Å². The number of amides is 1. The average molecular weight is 539 g/mol. The van der Waals surface area contributed by atoms with Crippen LogP contribution in [0.4, 0.5) is 23.2 Å². The topological polar surface area (TPSA) is 111 Å². The monoisotopic (exact) mass is 538 g/mol. The summed E-state index contributed by atoms with van der Waals surface area (Å²) in [7, 11) is -3.62. The summed E-state index contributed by atoms with van der Waals surface area (Å²) in [6.07, 6.45) is -2.38. The van der Waals surface area contributed by atoms with E-state index in [2.05, 4.69) is 20.5 Å². The van der Waals surface area contributed by atoms with E-state index in [0.717, 1.165) is 32.1 Å². The number of aryl methyl sites for hydroxylation is 1. The van der Waals surface area contributed by atoms with E-state index in [1.807, 2.05) is 6.92 Å². The number of nitrogens with zero attached hydrogens (tertiary/aromatic N) is 3. The van der Waals surface area contributed by atoms with Gasteiger partial charge in [-0.15, -0.1) is 10.2 Å². The highest BCUT2D eigenvalue weighted by molar-refractivity contribution is 7.90. The zero-order valence-electron chi connectivity index (χ0n) is 20.2. The van der Waals surface area contributed by atoms with Crippen molar-refractivity contribution >= 4 is 21.4 Å². The number of rotatable bonds is 6. The minimum absolute atomic E-state index is 0.00558. The van der Waals surface area contributed by atoms with E-state index in [4.69, 9.17) is 4.74 Å². The zero-order valence-corrected chi connectivity index (χ0v) is 21.0. The van der Waals surface area contributed by atoms with E-state index in [9.17, 15) is 30.8 Å². The fourth-order valence-corrected chi connectivity index (χ4v) is 4.42. The lowest BCUT2D eigenvalue weighted by Gasteiger charge is -2.17. The first-order valence-corrected chi connectivity index (χ1v) is 12.9. The molecule has 8 nitrogen and oxygen atoms in total. The maximum Gasteiger partial charge on any atom is 0.435 e. The van der Waals surface area contributed by atoms with Crippen LogP contribution in [-0.2, 0) is 21.4 Å². The molecule has 0 radical (unpaired) electrons. The molecule has 4 rings (SSSR count). The molecule has 13 heteroatoms. The van der Waals surface area contributed by atoms with Crippen molar-refractivity contribution in [1.82, 2.24) is 15.2 Å². The number of carbonyl (C=O) groups is 1. The Bertz CT molecular complexity index is 1520. The van der Waals surface area contributed by atoms with Crippen molar-refractivity contribution in [2.75, 3.05) is 11.6 Å². The summed E-state index contributed by atoms with van der Waals surface area (Å²) in [6.45, 7) is 4.49. The Labute approximate surface area is 210 Å². The standard InChI is InChI=1S/C24H22F4N4O4S/c1-12-10-16(23(3)8-9-23)19(25)30-21(12)36-22-17(13(2)18(31-32-22)24(26,27)28)20(33)29-14-6-5-7-15(11-14)37(4,34)35/h5-7,10-11H,8-9H2,1-4H3,(H,29,33). The lowest BCUT2D eigenvalue weighted by Crippen LogP contribution is -2.21. The molecule has 0 unspecified atom stereocenters. The van der Waals surface area contributed by atoms with Gasteiger partial charge >= 0.3 is 6.18 Å². The third-order valence-corrected chi connectivity index (χ3v) is 7.27. The van der Waals surface area contributed by atoms with Crippen LogP contribution in [0.3, 0.4) is 0 Å². The van der Waals surface area contributed by atoms with Crippen molar-refractivity contribution in [1.29, 1.82) is 0 Å². The Kier molecular flexibility index (Phi) is 6.47. The van der Waals surface area contributed by atoms with Gasteiger partial charge in [0.1, 0.15) is 5.56 Å². The van der Waals surface area contributed by atoms with Crippen molar-refractivity contribution in [3.63, 3.8) is 0 Å². The average Bonchev–Trinajstić information content (AvgIpc) is 3.53. The maximum absolute atomic E-state index is 14.7. The van der Waals surface area contributed by atoms with E-state index in [1.54, 1.807) is 13.0 Å². The van der Waals surface area contributed by atoms with Gasteiger partial charge in [-0.3, -0.25) is 4.79 Å². The van der Waals surface area contributed by atoms with Crippen molar-refractivity contribution in [3.8, 4) is 11.8 Å². The first-order valence-electron chi connectivity index (χ1n) is 11.0. The molecule has 3 aromatic rings. The summed E-state index contributed by atoms with van der Waals surface area (Å²) < 4.78 is 84.6. The minimum Gasteiger partial charge on any atom is -0.418 e. The van der Waals surface area contributed by atoms with Gasteiger partial charge in [0.25, 0.3) is 11.8 Å². The van der Waals surface area contributed by atoms with Gasteiger partial charge in [0.15, 0.2) is 15.5 Å². The SMILES string of the molecule is Cc1cc(C2(C)CC2)c(F)nc1Oc1nnc(C(F)(F)F)c(C)c1C(=O)Nc1cccc(S(C)(=O)=O)c1. The Morgan fingerprint density at radius 2 is 1.78 bits per heavy atom. The van der Waals surface area contributed by atoms with Crippen molar-refractivity contribution in [2.24, 2.45) is 0 Å². The molecule has 1 N–H and O–H groups in total. The largest absolute Gasteiger partial charge is 0.435 e. The first-order chi connectivity index (χ1) is 17.1. The van der Waals surface area contributed by atoms with Gasteiger partial charge in [-0.1, -0.05) is 13.0 Å². The van der Waals surface area contributed by atoms with Crippen molar-refractivity contribution < 1.29 is 35.5 Å². The molecular formula is C24H22F4N4O4S. The van der Waals surface area contributed by atoms with E-state index in [1.165, 1.54) is 18.2 Å². The number of carbonyl (C=O) groups excluding carboxylic acids is 1. The van der Waals surface area contributed by atoms with Crippen molar-refractivity contribution in [2.45, 2.75) is 50.1 Å². The van der Waals surface area contributed by atoms with E-state index in [0.29, 0.717) is 11.1 Å². The van der Waals surface area contributed by atoms with Gasteiger partial charge in [-0.05, 0) is 61.9 Å². The smallest absolute Gasteiger partial charge is 0.418 e. The number of halogens is 4. The predicted octanol–water partition coefficient (Wildman–Crippen LogP) is 5.15. The highest BCUT2D eigenvalue weighted by atomic mass is 32.2. The normalized spacial score (nSPS) is 14.8. The number of hydrogen-bond donors (Lipinski definition) is 1. The third kappa shape index (κ3) is 5.41. The number of sulfone groups is 1. The summed E-state index contributed by atoms with van der Waals surface area (Å²) in [5.41, 5.74) is -2.17. The number of alkyl halides is 3. The van der Waals surface area contributed by atoms with Gasteiger partial charge < -0.3 is 10.1 Å². The first kappa shape index (κ1) is 26.5. The molecular weight excluding hydrogens is 516 g/mol. The quantitative estimate of drug-likeness (QED) is 0.342. The number of anilines is 1. The summed E-state index contributed by atoms with van der Waals surface area (Å²) in [5, 5.41) is 9.01. The maximum atomic E-state index is 14.7. The fraction of sp³-hybridized carbons (Fsp3) is 0.333. The number of ether oxygens (including phenoxy) is 1. The number of nitrogens with one attached hydrogen (secondary N) is 1. The van der Waals surface area contributed by atoms with Crippen LogP contribution in [0.15, 0.2) is 35.2 Å². The zero-order chi connectivity index (χ0) is 27.3. The van der Waals surface area contributed by atoms with Gasteiger partial charge in [0.2, 0.25) is 11.8 Å². The minimum atomic E-state index is -4.93. The second kappa shape index (κ2) is 9.05. The summed E-state index contributed by atoms with van der Waals surface area (Å²) in [4.78, 5) is 16.9.